The van der Waals surface area contributed by atoms with Gasteiger partial charge in [0, 0.05) is 19.3 Å². The van der Waals surface area contributed by atoms with Crippen molar-refractivity contribution in [1.82, 2.24) is 9.47 Å². The summed E-state index contributed by atoms with van der Waals surface area (Å²) in [7, 11) is 0. The molecule has 0 fully saturated rings. The Morgan fingerprint density at radius 2 is 2.00 bits per heavy atom. The maximum atomic E-state index is 12.6. The lowest BCUT2D eigenvalue weighted by molar-refractivity contribution is -0.144. The van der Waals surface area contributed by atoms with Gasteiger partial charge in [-0.2, -0.15) is 0 Å². The van der Waals surface area contributed by atoms with Crippen molar-refractivity contribution in [3.63, 3.8) is 0 Å². The molecular formula is C18H20N2O3. The van der Waals surface area contributed by atoms with E-state index in [1.54, 1.807) is 17.9 Å². The van der Waals surface area contributed by atoms with Crippen LogP contribution < -0.4 is 0 Å². The zero-order chi connectivity index (χ0) is 16.2. The first-order valence-electron chi connectivity index (χ1n) is 7.84. The first-order valence-corrected chi connectivity index (χ1v) is 7.84. The molecule has 0 N–H and O–H groups in total. The molecule has 5 nitrogen and oxygen atoms in total. The Labute approximate surface area is 135 Å². The lowest BCUT2D eigenvalue weighted by Crippen LogP contribution is -2.42. The normalized spacial score (nSPS) is 17.0. The van der Waals surface area contributed by atoms with Crippen LogP contribution in [0.1, 0.15) is 35.4 Å². The third-order valence-electron chi connectivity index (χ3n) is 4.03. The number of fused-ring (bicyclic) bond motifs is 1. The van der Waals surface area contributed by atoms with E-state index in [-0.39, 0.29) is 24.3 Å². The number of esters is 1. The molecule has 2 heterocycles. The fraction of sp³-hybridized carbons (Fsp3) is 0.333. The number of carbonyl (C=O) groups excluding carboxylic acids is 2. The molecule has 1 amide bonds. The molecule has 0 aliphatic carbocycles. The standard InChI is InChI=1S/C18H20N2O3/c1-2-23-17(21)11-15-13-19(12-14-7-4-3-5-8-14)18(22)16-9-6-10-20(15)16/h3-10,15H,2,11-13H2,1H3. The van der Waals surface area contributed by atoms with Crippen molar-refractivity contribution >= 4 is 11.9 Å². The summed E-state index contributed by atoms with van der Waals surface area (Å²) >= 11 is 0. The van der Waals surface area contributed by atoms with Crippen molar-refractivity contribution in [2.24, 2.45) is 0 Å². The first kappa shape index (κ1) is 15.3. The number of aromatic nitrogens is 1. The predicted molar refractivity (Wildman–Crippen MR) is 85.9 cm³/mol. The summed E-state index contributed by atoms with van der Waals surface area (Å²) in [4.78, 5) is 26.3. The monoisotopic (exact) mass is 312 g/mol. The summed E-state index contributed by atoms with van der Waals surface area (Å²) in [6, 6.07) is 13.4. The number of hydrogen-bond donors (Lipinski definition) is 0. The molecule has 0 saturated carbocycles. The minimum absolute atomic E-state index is 0.000961. The van der Waals surface area contributed by atoms with E-state index in [2.05, 4.69) is 0 Å². The van der Waals surface area contributed by atoms with Crippen LogP contribution in [0.2, 0.25) is 0 Å². The van der Waals surface area contributed by atoms with E-state index in [1.165, 1.54) is 0 Å². The van der Waals surface area contributed by atoms with Crippen LogP contribution in [0.15, 0.2) is 48.7 Å². The van der Waals surface area contributed by atoms with Gasteiger partial charge >= 0.3 is 5.97 Å². The van der Waals surface area contributed by atoms with E-state index >= 15 is 0 Å². The quantitative estimate of drug-likeness (QED) is 0.798. The van der Waals surface area contributed by atoms with E-state index in [9.17, 15) is 9.59 Å². The van der Waals surface area contributed by atoms with E-state index < -0.39 is 0 Å². The van der Waals surface area contributed by atoms with E-state index in [0.717, 1.165) is 5.56 Å². The number of rotatable bonds is 5. The average Bonchev–Trinajstić information content (AvgIpc) is 3.03. The smallest absolute Gasteiger partial charge is 0.307 e. The number of amides is 1. The molecule has 1 aromatic carbocycles. The average molecular weight is 312 g/mol. The van der Waals surface area contributed by atoms with Gasteiger partial charge in [-0.1, -0.05) is 30.3 Å². The Morgan fingerprint density at radius 1 is 1.22 bits per heavy atom. The zero-order valence-corrected chi connectivity index (χ0v) is 13.1. The Morgan fingerprint density at radius 3 is 2.74 bits per heavy atom. The molecule has 2 aromatic rings. The Balaban J connectivity index is 1.81. The van der Waals surface area contributed by atoms with Gasteiger partial charge in [-0.15, -0.1) is 0 Å². The Bertz CT molecular complexity index is 693. The maximum Gasteiger partial charge on any atom is 0.307 e. The molecule has 1 aliphatic heterocycles. The third-order valence-corrected chi connectivity index (χ3v) is 4.03. The summed E-state index contributed by atoms with van der Waals surface area (Å²) in [5.41, 5.74) is 1.71. The van der Waals surface area contributed by atoms with Crippen molar-refractivity contribution in [2.75, 3.05) is 13.2 Å². The molecule has 23 heavy (non-hydrogen) atoms. The lowest BCUT2D eigenvalue weighted by Gasteiger charge is -2.34. The minimum atomic E-state index is -0.230. The summed E-state index contributed by atoms with van der Waals surface area (Å²) in [5.74, 6) is -0.231. The van der Waals surface area contributed by atoms with Crippen LogP contribution >= 0.6 is 0 Å². The summed E-state index contributed by atoms with van der Waals surface area (Å²) < 4.78 is 6.95. The van der Waals surface area contributed by atoms with Crippen molar-refractivity contribution < 1.29 is 14.3 Å². The predicted octanol–water partition coefficient (Wildman–Crippen LogP) is 2.64. The Hall–Kier alpha value is -2.56. The van der Waals surface area contributed by atoms with Gasteiger partial charge in [0.15, 0.2) is 0 Å². The molecule has 1 atom stereocenters. The van der Waals surface area contributed by atoms with Gasteiger partial charge in [-0.05, 0) is 24.6 Å². The van der Waals surface area contributed by atoms with Gasteiger partial charge in [0.05, 0.1) is 19.1 Å². The molecule has 0 bridgehead atoms. The van der Waals surface area contributed by atoms with E-state index in [4.69, 9.17) is 4.74 Å². The fourth-order valence-corrected chi connectivity index (χ4v) is 3.00. The molecule has 1 aliphatic rings. The molecule has 120 valence electrons. The molecule has 0 saturated heterocycles. The number of ether oxygens (including phenoxy) is 1. The summed E-state index contributed by atoms with van der Waals surface area (Å²) in [5, 5.41) is 0. The second-order valence-electron chi connectivity index (χ2n) is 5.63. The zero-order valence-electron chi connectivity index (χ0n) is 13.1. The van der Waals surface area contributed by atoms with Crippen LogP contribution in [0.3, 0.4) is 0 Å². The van der Waals surface area contributed by atoms with Crippen molar-refractivity contribution in [3.8, 4) is 0 Å². The first-order chi connectivity index (χ1) is 11.2. The second kappa shape index (κ2) is 6.69. The van der Waals surface area contributed by atoms with E-state index in [0.29, 0.717) is 25.4 Å². The number of benzene rings is 1. The Kier molecular flexibility index (Phi) is 4.46. The van der Waals surface area contributed by atoms with Gasteiger partial charge in [0.25, 0.3) is 5.91 Å². The van der Waals surface area contributed by atoms with E-state index in [1.807, 2.05) is 47.2 Å². The number of carbonyl (C=O) groups is 2. The molecule has 3 rings (SSSR count). The molecule has 0 spiro atoms. The van der Waals surface area contributed by atoms with Gasteiger partial charge in [-0.25, -0.2) is 0 Å². The van der Waals surface area contributed by atoms with Crippen molar-refractivity contribution in [3.05, 3.63) is 59.9 Å². The summed E-state index contributed by atoms with van der Waals surface area (Å²) in [6.07, 6.45) is 2.13. The van der Waals surface area contributed by atoms with Crippen LogP contribution in [0.25, 0.3) is 0 Å². The largest absolute Gasteiger partial charge is 0.466 e. The molecule has 0 radical (unpaired) electrons. The minimum Gasteiger partial charge on any atom is -0.466 e. The van der Waals surface area contributed by atoms with Crippen LogP contribution in [0, 0.1) is 0 Å². The van der Waals surface area contributed by atoms with Crippen molar-refractivity contribution in [2.45, 2.75) is 25.9 Å². The second-order valence-corrected chi connectivity index (χ2v) is 5.63. The maximum absolute atomic E-state index is 12.6. The van der Waals surface area contributed by atoms with Crippen LogP contribution in [-0.2, 0) is 16.1 Å². The highest BCUT2D eigenvalue weighted by Gasteiger charge is 2.32. The summed E-state index contributed by atoms with van der Waals surface area (Å²) in [6.45, 7) is 3.22. The van der Waals surface area contributed by atoms with Crippen LogP contribution in [0.5, 0.6) is 0 Å². The molecule has 5 heteroatoms. The van der Waals surface area contributed by atoms with Crippen LogP contribution in [-0.4, -0.2) is 34.5 Å². The molecule has 1 aromatic heterocycles. The van der Waals surface area contributed by atoms with Gasteiger partial charge in [0.1, 0.15) is 5.69 Å². The fourth-order valence-electron chi connectivity index (χ4n) is 3.00. The molecule has 1 unspecified atom stereocenters. The van der Waals surface area contributed by atoms with Gasteiger partial charge in [-0.3, -0.25) is 9.59 Å². The van der Waals surface area contributed by atoms with Crippen LogP contribution in [0.4, 0.5) is 0 Å². The lowest BCUT2D eigenvalue weighted by atomic mass is 10.1. The SMILES string of the molecule is CCOC(=O)CC1CN(Cc2ccccc2)C(=O)c2cccn21. The van der Waals surface area contributed by atoms with Crippen molar-refractivity contribution in [1.29, 1.82) is 0 Å². The third kappa shape index (κ3) is 3.28. The highest BCUT2D eigenvalue weighted by Crippen LogP contribution is 2.26. The highest BCUT2D eigenvalue weighted by molar-refractivity contribution is 5.93. The number of hydrogen-bond acceptors (Lipinski definition) is 3. The topological polar surface area (TPSA) is 51.5 Å². The van der Waals surface area contributed by atoms with Gasteiger partial charge < -0.3 is 14.2 Å². The van der Waals surface area contributed by atoms with Gasteiger partial charge in [0.2, 0.25) is 0 Å². The number of nitrogens with zero attached hydrogens (tertiary/aromatic N) is 2. The molecular weight excluding hydrogens is 292 g/mol. The highest BCUT2D eigenvalue weighted by atomic mass is 16.5.